The topological polar surface area (TPSA) is 36.3 Å². The molecule has 0 spiro atoms. The zero-order valence-corrected chi connectivity index (χ0v) is 10.7. The summed E-state index contributed by atoms with van der Waals surface area (Å²) in [5.41, 5.74) is 2.97. The van der Waals surface area contributed by atoms with Crippen LogP contribution in [-0.2, 0) is 0 Å². The highest BCUT2D eigenvalue weighted by molar-refractivity contribution is 5.64. The second-order valence-electron chi connectivity index (χ2n) is 4.55. The van der Waals surface area contributed by atoms with Crippen LogP contribution in [0.25, 0.3) is 16.9 Å². The molecule has 20 heavy (non-hydrogen) atoms. The van der Waals surface area contributed by atoms with E-state index in [0.29, 0.717) is 0 Å². The zero-order valence-electron chi connectivity index (χ0n) is 10.7. The average molecular weight is 264 g/mol. The minimum Gasteiger partial charge on any atom is -0.454 e. The number of ether oxygens (including phenoxy) is 2. The molecule has 4 nitrogen and oxygen atoms in total. The molecule has 2 heterocycles. The van der Waals surface area contributed by atoms with Crippen molar-refractivity contribution in [2.45, 2.75) is 0 Å². The molecule has 0 amide bonds. The number of rotatable bonds is 2. The van der Waals surface area contributed by atoms with Crippen LogP contribution in [-0.4, -0.2) is 16.6 Å². The number of nitrogens with zero attached hydrogens (tertiary/aromatic N) is 2. The van der Waals surface area contributed by atoms with Gasteiger partial charge in [0.05, 0.1) is 11.4 Å². The molecule has 0 saturated carbocycles. The second-order valence-corrected chi connectivity index (χ2v) is 4.55. The number of benzene rings is 2. The Morgan fingerprint density at radius 2 is 1.75 bits per heavy atom. The van der Waals surface area contributed by atoms with Crippen LogP contribution < -0.4 is 9.47 Å². The average Bonchev–Trinajstić information content (AvgIpc) is 3.16. The smallest absolute Gasteiger partial charge is 0.231 e. The summed E-state index contributed by atoms with van der Waals surface area (Å²) in [5.74, 6) is 1.56. The van der Waals surface area contributed by atoms with Crippen LogP contribution in [0.15, 0.2) is 60.8 Å². The van der Waals surface area contributed by atoms with Gasteiger partial charge in [0.2, 0.25) is 6.79 Å². The van der Waals surface area contributed by atoms with E-state index in [1.54, 1.807) is 0 Å². The lowest BCUT2D eigenvalue weighted by Crippen LogP contribution is -1.94. The van der Waals surface area contributed by atoms with E-state index in [-0.39, 0.29) is 6.79 Å². The lowest BCUT2D eigenvalue weighted by atomic mass is 10.1. The van der Waals surface area contributed by atoms with Crippen molar-refractivity contribution < 1.29 is 9.47 Å². The Hall–Kier alpha value is -2.75. The van der Waals surface area contributed by atoms with Gasteiger partial charge in [0.25, 0.3) is 0 Å². The first-order valence-electron chi connectivity index (χ1n) is 6.41. The van der Waals surface area contributed by atoms with Gasteiger partial charge >= 0.3 is 0 Å². The highest BCUT2D eigenvalue weighted by Crippen LogP contribution is 2.35. The summed E-state index contributed by atoms with van der Waals surface area (Å²) in [6, 6.07) is 17.9. The Bertz CT molecular complexity index is 750. The van der Waals surface area contributed by atoms with Gasteiger partial charge < -0.3 is 9.47 Å². The van der Waals surface area contributed by atoms with Crippen LogP contribution in [0, 0.1) is 0 Å². The quantitative estimate of drug-likeness (QED) is 0.712. The lowest BCUT2D eigenvalue weighted by molar-refractivity contribution is 0.174. The molecule has 0 bridgehead atoms. The van der Waals surface area contributed by atoms with Gasteiger partial charge in [0.15, 0.2) is 11.5 Å². The number of para-hydroxylation sites is 1. The van der Waals surface area contributed by atoms with Crippen LogP contribution in [0.2, 0.25) is 0 Å². The molecule has 0 radical (unpaired) electrons. The first kappa shape index (κ1) is 11.1. The van der Waals surface area contributed by atoms with Crippen molar-refractivity contribution in [1.82, 2.24) is 9.78 Å². The van der Waals surface area contributed by atoms with Gasteiger partial charge in [-0.25, -0.2) is 4.68 Å². The SMILES string of the molecule is c1ccc(-n2ccc(-c3ccc4c(c3)OCO4)n2)cc1. The van der Waals surface area contributed by atoms with Gasteiger partial charge in [0, 0.05) is 11.8 Å². The van der Waals surface area contributed by atoms with Crippen molar-refractivity contribution in [3.05, 3.63) is 60.8 Å². The van der Waals surface area contributed by atoms with E-state index in [1.807, 2.05) is 65.5 Å². The van der Waals surface area contributed by atoms with Gasteiger partial charge in [0.1, 0.15) is 0 Å². The molecule has 0 fully saturated rings. The van der Waals surface area contributed by atoms with Crippen LogP contribution in [0.1, 0.15) is 0 Å². The van der Waals surface area contributed by atoms with Crippen LogP contribution in [0.4, 0.5) is 0 Å². The molecule has 0 unspecified atom stereocenters. The van der Waals surface area contributed by atoms with Crippen molar-refractivity contribution in [3.8, 4) is 28.4 Å². The van der Waals surface area contributed by atoms with Gasteiger partial charge in [-0.05, 0) is 36.4 Å². The van der Waals surface area contributed by atoms with Crippen molar-refractivity contribution in [3.63, 3.8) is 0 Å². The summed E-state index contributed by atoms with van der Waals surface area (Å²) in [4.78, 5) is 0. The minimum absolute atomic E-state index is 0.289. The van der Waals surface area contributed by atoms with Crippen LogP contribution in [0.3, 0.4) is 0 Å². The molecule has 4 rings (SSSR count). The molecule has 2 aromatic carbocycles. The monoisotopic (exact) mass is 264 g/mol. The molecule has 0 atom stereocenters. The maximum absolute atomic E-state index is 5.40. The van der Waals surface area contributed by atoms with Gasteiger partial charge in [-0.15, -0.1) is 0 Å². The standard InChI is InChI=1S/C16H12N2O2/c1-2-4-13(5-3-1)18-9-8-14(17-18)12-6-7-15-16(10-12)20-11-19-15/h1-10H,11H2. The molecular weight excluding hydrogens is 252 g/mol. The summed E-state index contributed by atoms with van der Waals surface area (Å²) in [5, 5.41) is 4.60. The van der Waals surface area contributed by atoms with Gasteiger partial charge in [-0.2, -0.15) is 5.10 Å². The van der Waals surface area contributed by atoms with Crippen LogP contribution in [0.5, 0.6) is 11.5 Å². The Labute approximate surface area is 116 Å². The molecule has 1 aliphatic rings. The summed E-state index contributed by atoms with van der Waals surface area (Å²) in [6.45, 7) is 0.289. The molecule has 1 aromatic heterocycles. The third kappa shape index (κ3) is 1.82. The molecule has 0 N–H and O–H groups in total. The zero-order chi connectivity index (χ0) is 13.4. The maximum Gasteiger partial charge on any atom is 0.231 e. The summed E-state index contributed by atoms with van der Waals surface area (Å²) in [7, 11) is 0. The van der Waals surface area contributed by atoms with E-state index < -0.39 is 0 Å². The number of aromatic nitrogens is 2. The van der Waals surface area contributed by atoms with E-state index >= 15 is 0 Å². The molecule has 0 aliphatic carbocycles. The predicted octanol–water partition coefficient (Wildman–Crippen LogP) is 3.27. The highest BCUT2D eigenvalue weighted by Gasteiger charge is 2.14. The van der Waals surface area contributed by atoms with E-state index in [2.05, 4.69) is 5.10 Å². The molecular formula is C16H12N2O2. The second kappa shape index (κ2) is 4.42. The van der Waals surface area contributed by atoms with E-state index in [4.69, 9.17) is 9.47 Å². The molecule has 1 aliphatic heterocycles. The molecule has 98 valence electrons. The fourth-order valence-corrected chi connectivity index (χ4v) is 2.26. The van der Waals surface area contributed by atoms with Crippen molar-refractivity contribution in [1.29, 1.82) is 0 Å². The summed E-state index contributed by atoms with van der Waals surface area (Å²) < 4.78 is 12.6. The number of hydrogen-bond acceptors (Lipinski definition) is 3. The maximum atomic E-state index is 5.40. The fraction of sp³-hybridized carbons (Fsp3) is 0.0625. The van der Waals surface area contributed by atoms with Gasteiger partial charge in [-0.3, -0.25) is 0 Å². The Morgan fingerprint density at radius 3 is 2.65 bits per heavy atom. The Balaban J connectivity index is 1.72. The Kier molecular flexibility index (Phi) is 2.45. The van der Waals surface area contributed by atoms with Crippen molar-refractivity contribution >= 4 is 0 Å². The number of fused-ring (bicyclic) bond motifs is 1. The third-order valence-corrected chi connectivity index (χ3v) is 3.28. The first-order chi connectivity index (χ1) is 9.90. The summed E-state index contributed by atoms with van der Waals surface area (Å²) in [6.07, 6.45) is 1.95. The fourth-order valence-electron chi connectivity index (χ4n) is 2.26. The first-order valence-corrected chi connectivity index (χ1v) is 6.41. The molecule has 3 aromatic rings. The Morgan fingerprint density at radius 1 is 0.900 bits per heavy atom. The lowest BCUT2D eigenvalue weighted by Gasteiger charge is -2.01. The predicted molar refractivity (Wildman–Crippen MR) is 75.1 cm³/mol. The van der Waals surface area contributed by atoms with E-state index in [0.717, 1.165) is 28.4 Å². The minimum atomic E-state index is 0.289. The van der Waals surface area contributed by atoms with E-state index in [9.17, 15) is 0 Å². The third-order valence-electron chi connectivity index (χ3n) is 3.28. The molecule has 4 heteroatoms. The number of hydrogen-bond donors (Lipinski definition) is 0. The normalized spacial score (nSPS) is 12.6. The summed E-state index contributed by atoms with van der Waals surface area (Å²) >= 11 is 0. The van der Waals surface area contributed by atoms with Crippen LogP contribution >= 0.6 is 0 Å². The van der Waals surface area contributed by atoms with Gasteiger partial charge in [-0.1, -0.05) is 18.2 Å². The highest BCUT2D eigenvalue weighted by atomic mass is 16.7. The van der Waals surface area contributed by atoms with Crippen molar-refractivity contribution in [2.75, 3.05) is 6.79 Å². The van der Waals surface area contributed by atoms with E-state index in [1.165, 1.54) is 0 Å². The largest absolute Gasteiger partial charge is 0.454 e. The van der Waals surface area contributed by atoms with Crippen molar-refractivity contribution in [2.24, 2.45) is 0 Å². The molecule has 0 saturated heterocycles.